The smallest absolute Gasteiger partial charge is 0.352 e. The van der Waals surface area contributed by atoms with Crippen molar-refractivity contribution in [3.8, 4) is 0 Å². The van der Waals surface area contributed by atoms with Crippen molar-refractivity contribution in [1.29, 1.82) is 0 Å². The highest BCUT2D eigenvalue weighted by atomic mass is 32.2. The fourth-order valence-electron chi connectivity index (χ4n) is 4.78. The Kier molecular flexibility index (Phi) is 7.11. The van der Waals surface area contributed by atoms with Crippen LogP contribution in [0.25, 0.3) is 21.8 Å². The number of aromatic nitrogens is 2. The predicted molar refractivity (Wildman–Crippen MR) is 144 cm³/mol. The minimum Gasteiger partial charge on any atom is -0.477 e. The summed E-state index contributed by atoms with van der Waals surface area (Å²) in [6, 6.07) is 16.4. The van der Waals surface area contributed by atoms with Crippen LogP contribution in [-0.4, -0.2) is 72.4 Å². The molecular weight excluding hydrogens is 492 g/mol. The summed E-state index contributed by atoms with van der Waals surface area (Å²) in [5, 5.41) is 15.6. The first-order valence-corrected chi connectivity index (χ1v) is 13.9. The van der Waals surface area contributed by atoms with Gasteiger partial charge in [-0.3, -0.25) is 9.62 Å². The van der Waals surface area contributed by atoms with Gasteiger partial charge in [-0.15, -0.1) is 0 Å². The standard InChI is InChI=1S/C26H30N6O4S/c27-16-21-6-5-19-15-24(26(33)34)32(25(19)29-21)17-20-14-22(13-18-3-1-2-4-23(18)20)30-37(35,36)12-11-31-9-7-28-8-10-31/h1-6,13-15,28,30H,7-12,16-17,27H2,(H,33,34). The van der Waals surface area contributed by atoms with Crippen LogP contribution in [0.5, 0.6) is 0 Å². The number of carbonyl (C=O) groups is 1. The second-order valence-electron chi connectivity index (χ2n) is 9.21. The van der Waals surface area contributed by atoms with Gasteiger partial charge in [0.25, 0.3) is 0 Å². The Morgan fingerprint density at radius 1 is 1.08 bits per heavy atom. The Morgan fingerprint density at radius 2 is 1.86 bits per heavy atom. The van der Waals surface area contributed by atoms with Crippen molar-refractivity contribution in [1.82, 2.24) is 19.8 Å². The van der Waals surface area contributed by atoms with E-state index in [1.165, 1.54) is 0 Å². The Labute approximate surface area is 215 Å². The molecule has 1 aliphatic rings. The lowest BCUT2D eigenvalue weighted by Crippen LogP contribution is -2.45. The molecule has 0 aliphatic carbocycles. The first kappa shape index (κ1) is 25.2. The van der Waals surface area contributed by atoms with Crippen LogP contribution in [0.4, 0.5) is 5.69 Å². The maximum atomic E-state index is 12.9. The highest BCUT2D eigenvalue weighted by molar-refractivity contribution is 7.92. The Balaban J connectivity index is 1.50. The summed E-state index contributed by atoms with van der Waals surface area (Å²) in [4.78, 5) is 18.8. The van der Waals surface area contributed by atoms with E-state index >= 15 is 0 Å². The molecule has 0 radical (unpaired) electrons. The highest BCUT2D eigenvalue weighted by Crippen LogP contribution is 2.28. The van der Waals surface area contributed by atoms with Crippen LogP contribution in [0.3, 0.4) is 0 Å². The molecule has 1 aliphatic heterocycles. The van der Waals surface area contributed by atoms with Crippen LogP contribution in [-0.2, 0) is 23.1 Å². The van der Waals surface area contributed by atoms with Crippen molar-refractivity contribution in [2.45, 2.75) is 13.1 Å². The number of hydrogen-bond donors (Lipinski definition) is 4. The van der Waals surface area contributed by atoms with Gasteiger partial charge in [-0.1, -0.05) is 24.3 Å². The SMILES string of the molecule is NCc1ccc2cc(C(=O)O)n(Cc3cc(NS(=O)(=O)CCN4CCNCC4)cc4ccccc34)c2n1. The van der Waals surface area contributed by atoms with E-state index in [0.29, 0.717) is 29.0 Å². The lowest BCUT2D eigenvalue weighted by atomic mass is 10.0. The molecule has 1 fully saturated rings. The van der Waals surface area contributed by atoms with Gasteiger partial charge < -0.3 is 20.7 Å². The minimum atomic E-state index is -3.59. The van der Waals surface area contributed by atoms with E-state index in [4.69, 9.17) is 5.73 Å². The van der Waals surface area contributed by atoms with E-state index in [1.54, 1.807) is 28.8 Å². The average molecular weight is 523 g/mol. The first-order valence-electron chi connectivity index (χ1n) is 12.2. The summed E-state index contributed by atoms with van der Waals surface area (Å²) in [7, 11) is -3.59. The van der Waals surface area contributed by atoms with Gasteiger partial charge in [0.1, 0.15) is 11.3 Å². The second-order valence-corrected chi connectivity index (χ2v) is 11.1. The number of aromatic carboxylic acids is 1. The van der Waals surface area contributed by atoms with Crippen LogP contribution in [0.2, 0.25) is 0 Å². The van der Waals surface area contributed by atoms with Gasteiger partial charge >= 0.3 is 5.97 Å². The van der Waals surface area contributed by atoms with Crippen molar-refractivity contribution >= 4 is 43.5 Å². The third-order valence-corrected chi connectivity index (χ3v) is 7.93. The molecular formula is C26H30N6O4S. The maximum absolute atomic E-state index is 12.9. The molecule has 194 valence electrons. The number of sulfonamides is 1. The minimum absolute atomic E-state index is 0.00759. The summed E-state index contributed by atoms with van der Waals surface area (Å²) in [5.41, 5.74) is 8.27. The summed E-state index contributed by atoms with van der Waals surface area (Å²) in [6.45, 7) is 4.26. The summed E-state index contributed by atoms with van der Waals surface area (Å²) in [5.74, 6) is -1.08. The van der Waals surface area contributed by atoms with E-state index in [0.717, 1.165) is 42.5 Å². The van der Waals surface area contributed by atoms with Gasteiger partial charge in [0.2, 0.25) is 10.0 Å². The number of rotatable bonds is 9. The van der Waals surface area contributed by atoms with Crippen molar-refractivity contribution < 1.29 is 18.3 Å². The van der Waals surface area contributed by atoms with E-state index in [2.05, 4.69) is 19.9 Å². The number of carboxylic acid groups (broad SMARTS) is 1. The molecule has 2 aromatic carbocycles. The van der Waals surface area contributed by atoms with Crippen molar-refractivity contribution in [2.75, 3.05) is 43.2 Å². The molecule has 0 amide bonds. The number of anilines is 1. The average Bonchev–Trinajstić information content (AvgIpc) is 3.25. The number of benzene rings is 2. The molecule has 2 aromatic heterocycles. The fraction of sp³-hybridized carbons (Fsp3) is 0.308. The predicted octanol–water partition coefficient (Wildman–Crippen LogP) is 2.04. The third kappa shape index (κ3) is 5.59. The van der Waals surface area contributed by atoms with Crippen LogP contribution in [0.15, 0.2) is 54.6 Å². The largest absolute Gasteiger partial charge is 0.477 e. The maximum Gasteiger partial charge on any atom is 0.352 e. The molecule has 10 nitrogen and oxygen atoms in total. The van der Waals surface area contributed by atoms with Crippen molar-refractivity contribution in [3.63, 3.8) is 0 Å². The van der Waals surface area contributed by atoms with Crippen LogP contribution >= 0.6 is 0 Å². The molecule has 0 bridgehead atoms. The zero-order valence-electron chi connectivity index (χ0n) is 20.4. The molecule has 0 unspecified atom stereocenters. The van der Waals surface area contributed by atoms with E-state index in [-0.39, 0.29) is 24.5 Å². The molecule has 0 atom stereocenters. The lowest BCUT2D eigenvalue weighted by molar-refractivity contribution is 0.0686. The van der Waals surface area contributed by atoms with Crippen LogP contribution < -0.4 is 15.8 Å². The monoisotopic (exact) mass is 522 g/mol. The number of hydrogen-bond acceptors (Lipinski definition) is 7. The lowest BCUT2D eigenvalue weighted by Gasteiger charge is -2.27. The zero-order chi connectivity index (χ0) is 26.0. The number of nitrogens with zero attached hydrogens (tertiary/aromatic N) is 3. The molecule has 5 rings (SSSR count). The Morgan fingerprint density at radius 3 is 2.62 bits per heavy atom. The topological polar surface area (TPSA) is 143 Å². The quantitative estimate of drug-likeness (QED) is 0.262. The Hall–Kier alpha value is -3.51. The van der Waals surface area contributed by atoms with Crippen molar-refractivity contribution in [3.05, 3.63) is 71.5 Å². The molecule has 11 heteroatoms. The van der Waals surface area contributed by atoms with Gasteiger partial charge in [0.05, 0.1) is 18.0 Å². The number of fused-ring (bicyclic) bond motifs is 2. The van der Waals surface area contributed by atoms with Crippen LogP contribution in [0, 0.1) is 0 Å². The zero-order valence-corrected chi connectivity index (χ0v) is 21.2. The summed E-state index contributed by atoms with van der Waals surface area (Å²) < 4.78 is 30.3. The molecule has 0 saturated carbocycles. The van der Waals surface area contributed by atoms with E-state index in [9.17, 15) is 18.3 Å². The normalized spacial score (nSPS) is 14.8. The molecule has 37 heavy (non-hydrogen) atoms. The number of carboxylic acids is 1. The number of nitrogens with two attached hydrogens (primary N) is 1. The number of piperazine rings is 1. The molecule has 5 N–H and O–H groups in total. The number of nitrogens with one attached hydrogen (secondary N) is 2. The van der Waals surface area contributed by atoms with Gasteiger partial charge in [-0.25, -0.2) is 18.2 Å². The molecule has 0 spiro atoms. The van der Waals surface area contributed by atoms with Gasteiger partial charge in [-0.2, -0.15) is 0 Å². The van der Waals surface area contributed by atoms with Crippen molar-refractivity contribution in [2.24, 2.45) is 5.73 Å². The first-order chi connectivity index (χ1) is 17.8. The summed E-state index contributed by atoms with van der Waals surface area (Å²) >= 11 is 0. The molecule has 1 saturated heterocycles. The third-order valence-electron chi connectivity index (χ3n) is 6.67. The highest BCUT2D eigenvalue weighted by Gasteiger charge is 2.19. The van der Waals surface area contributed by atoms with Crippen LogP contribution in [0.1, 0.15) is 21.7 Å². The second kappa shape index (κ2) is 10.5. The van der Waals surface area contributed by atoms with E-state index in [1.807, 2.05) is 30.3 Å². The van der Waals surface area contributed by atoms with Gasteiger partial charge in [-0.05, 0) is 46.7 Å². The van der Waals surface area contributed by atoms with Gasteiger partial charge in [0.15, 0.2) is 0 Å². The number of pyridine rings is 1. The van der Waals surface area contributed by atoms with E-state index < -0.39 is 16.0 Å². The van der Waals surface area contributed by atoms with Gasteiger partial charge in [0, 0.05) is 50.3 Å². The molecule has 4 aromatic rings. The molecule has 3 heterocycles. The Bertz CT molecular complexity index is 1560. The fourth-order valence-corrected chi connectivity index (χ4v) is 5.86. The summed E-state index contributed by atoms with van der Waals surface area (Å²) in [6.07, 6.45) is 0.